The van der Waals surface area contributed by atoms with Gasteiger partial charge >= 0.3 is 5.69 Å². The van der Waals surface area contributed by atoms with Crippen LogP contribution in [0.5, 0.6) is 0 Å². The molecule has 1 fully saturated rings. The number of hydrogen-bond acceptors (Lipinski definition) is 5. The molecule has 9 heteroatoms. The number of benzene rings is 2. The number of hydrogen-bond donors (Lipinski definition) is 1. The number of halogens is 2. The van der Waals surface area contributed by atoms with Crippen LogP contribution in [0.25, 0.3) is 0 Å². The van der Waals surface area contributed by atoms with Crippen LogP contribution in [0.3, 0.4) is 0 Å². The van der Waals surface area contributed by atoms with Crippen LogP contribution in [0.4, 0.5) is 4.39 Å². The van der Waals surface area contributed by atoms with E-state index in [1.807, 2.05) is 65.6 Å². The zero-order valence-electron chi connectivity index (χ0n) is 17.0. The van der Waals surface area contributed by atoms with E-state index >= 15 is 0 Å². The molecule has 32 heavy (non-hydrogen) atoms. The molecule has 2 heterocycles. The van der Waals surface area contributed by atoms with E-state index in [2.05, 4.69) is 22.6 Å². The first-order chi connectivity index (χ1) is 15.5. The van der Waals surface area contributed by atoms with E-state index in [0.717, 1.165) is 21.9 Å². The SMILES string of the molecule is O=c1[nH]c(=O)n([C@@H]2O[C@H](COCc3ccccc3)[C@H](OCc3ccccc3)[C@H]2I)cc1F. The fourth-order valence-corrected chi connectivity index (χ4v) is 4.72. The van der Waals surface area contributed by atoms with Gasteiger partial charge in [-0.15, -0.1) is 0 Å². The number of ether oxygens (including phenoxy) is 3. The summed E-state index contributed by atoms with van der Waals surface area (Å²) in [6.07, 6.45) is -0.853. The smallest absolute Gasteiger partial charge is 0.330 e. The molecule has 0 radical (unpaired) electrons. The summed E-state index contributed by atoms with van der Waals surface area (Å²) in [6.45, 7) is 0.978. The quantitative estimate of drug-likeness (QED) is 0.343. The van der Waals surface area contributed by atoms with Crippen LogP contribution in [0.15, 0.2) is 76.4 Å². The van der Waals surface area contributed by atoms with Crippen molar-refractivity contribution < 1.29 is 18.6 Å². The monoisotopic (exact) mass is 552 g/mol. The maximum Gasteiger partial charge on any atom is 0.330 e. The lowest BCUT2D eigenvalue weighted by Crippen LogP contribution is -2.37. The van der Waals surface area contributed by atoms with Gasteiger partial charge in [-0.1, -0.05) is 83.3 Å². The lowest BCUT2D eigenvalue weighted by molar-refractivity contribution is -0.0833. The fourth-order valence-electron chi connectivity index (χ4n) is 3.53. The van der Waals surface area contributed by atoms with Crippen LogP contribution in [-0.4, -0.2) is 32.3 Å². The molecule has 0 amide bonds. The van der Waals surface area contributed by atoms with Gasteiger partial charge in [0.1, 0.15) is 12.2 Å². The predicted molar refractivity (Wildman–Crippen MR) is 124 cm³/mol. The van der Waals surface area contributed by atoms with E-state index in [0.29, 0.717) is 13.2 Å². The summed E-state index contributed by atoms with van der Waals surface area (Å²) in [6, 6.07) is 19.4. The van der Waals surface area contributed by atoms with Gasteiger partial charge in [-0.2, -0.15) is 4.39 Å². The molecule has 4 rings (SSSR count). The highest BCUT2D eigenvalue weighted by molar-refractivity contribution is 14.1. The Balaban J connectivity index is 1.51. The molecule has 0 bridgehead atoms. The second-order valence-electron chi connectivity index (χ2n) is 7.42. The zero-order valence-corrected chi connectivity index (χ0v) is 19.2. The van der Waals surface area contributed by atoms with Crippen LogP contribution in [0.2, 0.25) is 0 Å². The molecule has 4 atom stereocenters. The molecule has 168 valence electrons. The van der Waals surface area contributed by atoms with Gasteiger partial charge in [0.15, 0.2) is 6.23 Å². The zero-order chi connectivity index (χ0) is 22.5. The maximum atomic E-state index is 13.9. The van der Waals surface area contributed by atoms with Gasteiger partial charge in [0, 0.05) is 0 Å². The van der Waals surface area contributed by atoms with Crippen molar-refractivity contribution in [3.63, 3.8) is 0 Å². The van der Waals surface area contributed by atoms with Gasteiger partial charge in [0.05, 0.1) is 29.9 Å². The molecule has 3 aromatic rings. The highest BCUT2D eigenvalue weighted by Gasteiger charge is 2.45. The Bertz CT molecular complexity index is 1140. The highest BCUT2D eigenvalue weighted by Crippen LogP contribution is 2.36. The lowest BCUT2D eigenvalue weighted by Gasteiger charge is -2.21. The second kappa shape index (κ2) is 10.5. The Morgan fingerprint density at radius 2 is 1.62 bits per heavy atom. The normalized spacial score (nSPS) is 22.8. The summed E-state index contributed by atoms with van der Waals surface area (Å²) >= 11 is 2.14. The lowest BCUT2D eigenvalue weighted by atomic mass is 10.1. The molecule has 2 aromatic carbocycles. The third kappa shape index (κ3) is 5.34. The van der Waals surface area contributed by atoms with E-state index in [1.165, 1.54) is 0 Å². The molecule has 0 saturated carbocycles. The van der Waals surface area contributed by atoms with E-state index in [1.54, 1.807) is 0 Å². The molecule has 7 nitrogen and oxygen atoms in total. The van der Waals surface area contributed by atoms with E-state index in [9.17, 15) is 14.0 Å². The summed E-state index contributed by atoms with van der Waals surface area (Å²) in [4.78, 5) is 25.7. The van der Waals surface area contributed by atoms with Crippen molar-refractivity contribution in [1.82, 2.24) is 9.55 Å². The molecular formula is C23H22FIN2O5. The fraction of sp³-hybridized carbons (Fsp3) is 0.304. The van der Waals surface area contributed by atoms with Gasteiger partial charge in [-0.05, 0) is 11.1 Å². The van der Waals surface area contributed by atoms with E-state index in [4.69, 9.17) is 14.2 Å². The number of aromatic amines is 1. The van der Waals surface area contributed by atoms with Crippen LogP contribution in [-0.2, 0) is 27.4 Å². The standard InChI is InChI=1S/C23H22FIN2O5/c24-17-11-27(23(29)26-21(17)28)22-19(25)20(31-13-16-9-5-2-6-10-16)18(32-22)14-30-12-15-7-3-1-4-8-15/h1-11,18-20,22H,12-14H2,(H,26,28,29)/t18-,19-,20+,22-/m1/s1. The van der Waals surface area contributed by atoms with Crippen LogP contribution >= 0.6 is 22.6 Å². The highest BCUT2D eigenvalue weighted by atomic mass is 127. The number of H-pyrrole nitrogens is 1. The molecule has 0 aliphatic carbocycles. The predicted octanol–water partition coefficient (Wildman–Crippen LogP) is 3.18. The molecule has 1 aliphatic rings. The van der Waals surface area contributed by atoms with Crippen LogP contribution in [0, 0.1) is 5.82 Å². The largest absolute Gasteiger partial charge is 0.374 e. The summed E-state index contributed by atoms with van der Waals surface area (Å²) in [5, 5.41) is 0. The topological polar surface area (TPSA) is 82.6 Å². The summed E-state index contributed by atoms with van der Waals surface area (Å²) in [7, 11) is 0. The molecule has 1 saturated heterocycles. The van der Waals surface area contributed by atoms with Gasteiger partial charge in [0.2, 0.25) is 5.82 Å². The van der Waals surface area contributed by atoms with Crippen molar-refractivity contribution in [3.05, 3.63) is 105 Å². The average molecular weight is 552 g/mol. The number of nitrogens with one attached hydrogen (secondary N) is 1. The van der Waals surface area contributed by atoms with Crippen molar-refractivity contribution >= 4 is 22.6 Å². The summed E-state index contributed by atoms with van der Waals surface area (Å²) in [5.41, 5.74) is 0.217. The molecular weight excluding hydrogens is 530 g/mol. The first kappa shape index (κ1) is 22.8. The molecule has 1 N–H and O–H groups in total. The third-order valence-corrected chi connectivity index (χ3v) is 6.47. The number of nitrogens with zero attached hydrogens (tertiary/aromatic N) is 1. The first-order valence-corrected chi connectivity index (χ1v) is 11.3. The minimum Gasteiger partial charge on any atom is -0.374 e. The van der Waals surface area contributed by atoms with Crippen molar-refractivity contribution in [2.24, 2.45) is 0 Å². The van der Waals surface area contributed by atoms with E-state index < -0.39 is 35.5 Å². The Hall–Kier alpha value is -2.34. The van der Waals surface area contributed by atoms with Gasteiger partial charge in [-0.25, -0.2) is 4.79 Å². The summed E-state index contributed by atoms with van der Waals surface area (Å²) < 4.78 is 32.7. The van der Waals surface area contributed by atoms with Crippen LogP contribution < -0.4 is 11.2 Å². The molecule has 0 spiro atoms. The Morgan fingerprint density at radius 3 is 2.28 bits per heavy atom. The number of aromatic nitrogens is 2. The third-order valence-electron chi connectivity index (χ3n) is 5.14. The Labute approximate surface area is 197 Å². The Morgan fingerprint density at radius 1 is 1.00 bits per heavy atom. The Kier molecular flexibility index (Phi) is 7.51. The minimum absolute atomic E-state index is 0.227. The van der Waals surface area contributed by atoms with Crippen molar-refractivity contribution in [2.75, 3.05) is 6.61 Å². The summed E-state index contributed by atoms with van der Waals surface area (Å²) in [5.74, 6) is -1.05. The minimum atomic E-state index is -1.06. The van der Waals surface area contributed by atoms with Gasteiger partial charge < -0.3 is 14.2 Å². The van der Waals surface area contributed by atoms with Gasteiger partial charge in [-0.3, -0.25) is 14.3 Å². The van der Waals surface area contributed by atoms with Crippen molar-refractivity contribution in [1.29, 1.82) is 0 Å². The van der Waals surface area contributed by atoms with Gasteiger partial charge in [0.25, 0.3) is 5.56 Å². The maximum absolute atomic E-state index is 13.9. The molecule has 1 aromatic heterocycles. The molecule has 1 aliphatic heterocycles. The van der Waals surface area contributed by atoms with Crippen molar-refractivity contribution in [3.8, 4) is 0 Å². The average Bonchev–Trinajstić information content (AvgIpc) is 3.11. The number of rotatable bonds is 8. The second-order valence-corrected chi connectivity index (χ2v) is 8.85. The number of alkyl halides is 1. The first-order valence-electron chi connectivity index (χ1n) is 10.1. The molecule has 0 unspecified atom stereocenters. The van der Waals surface area contributed by atoms with Crippen molar-refractivity contribution in [2.45, 2.75) is 35.6 Å². The van der Waals surface area contributed by atoms with Crippen LogP contribution in [0.1, 0.15) is 17.4 Å². The van der Waals surface area contributed by atoms with E-state index in [-0.39, 0.29) is 10.5 Å².